The third-order valence-electron chi connectivity index (χ3n) is 6.48. The molecule has 1 saturated heterocycles. The van der Waals surface area contributed by atoms with Crippen LogP contribution in [0.4, 0.5) is 0 Å². The van der Waals surface area contributed by atoms with Crippen LogP contribution in [0.5, 0.6) is 0 Å². The third kappa shape index (κ3) is 3.76. The van der Waals surface area contributed by atoms with E-state index in [1.54, 1.807) is 0 Å². The number of likely N-dealkylation sites (tertiary alicyclic amines) is 1. The molecule has 0 aromatic heterocycles. The van der Waals surface area contributed by atoms with Crippen molar-refractivity contribution in [1.82, 2.24) is 4.90 Å². The molecule has 0 aromatic carbocycles. The van der Waals surface area contributed by atoms with Gasteiger partial charge in [0.1, 0.15) is 0 Å². The molecule has 0 spiro atoms. The van der Waals surface area contributed by atoms with Gasteiger partial charge in [-0.05, 0) is 44.2 Å². The number of hydrogen-bond donors (Lipinski definition) is 1. The summed E-state index contributed by atoms with van der Waals surface area (Å²) in [6.07, 6.45) is 13.3. The molecule has 1 saturated carbocycles. The molecule has 0 atom stereocenters. The minimum Gasteiger partial charge on any atom is -0.396 e. The van der Waals surface area contributed by atoms with Crippen LogP contribution in [0, 0.1) is 10.8 Å². The van der Waals surface area contributed by atoms with E-state index in [1.807, 2.05) is 0 Å². The number of hydrogen-bond acceptors (Lipinski definition) is 2. The third-order valence-corrected chi connectivity index (χ3v) is 6.48. The Labute approximate surface area is 125 Å². The molecule has 2 nitrogen and oxygen atoms in total. The average Bonchev–Trinajstić information content (AvgIpc) is 2.75. The van der Waals surface area contributed by atoms with Crippen LogP contribution in [-0.4, -0.2) is 36.2 Å². The molecule has 2 aliphatic rings. The van der Waals surface area contributed by atoms with Gasteiger partial charge in [0.05, 0.1) is 0 Å². The van der Waals surface area contributed by atoms with E-state index in [1.165, 1.54) is 77.3 Å². The Balaban J connectivity index is 1.90. The summed E-state index contributed by atoms with van der Waals surface area (Å²) in [6.45, 7) is 8.77. The average molecular weight is 281 g/mol. The predicted octanol–water partition coefficient (Wildman–Crippen LogP) is 4.22. The number of aliphatic hydroxyl groups excluding tert-OH is 1. The smallest absolute Gasteiger partial charge is 0.0499 e. The minimum absolute atomic E-state index is 0.217. The first-order valence-electron chi connectivity index (χ1n) is 9.01. The van der Waals surface area contributed by atoms with Crippen LogP contribution in [0.25, 0.3) is 0 Å². The summed E-state index contributed by atoms with van der Waals surface area (Å²) in [5.74, 6) is 0. The molecule has 0 amide bonds. The van der Waals surface area contributed by atoms with E-state index in [0.717, 1.165) is 6.54 Å². The Morgan fingerprint density at radius 1 is 0.800 bits per heavy atom. The highest BCUT2D eigenvalue weighted by molar-refractivity contribution is 4.89. The number of aliphatic hydroxyl groups is 1. The molecule has 2 heteroatoms. The summed E-state index contributed by atoms with van der Waals surface area (Å²) < 4.78 is 0. The highest BCUT2D eigenvalue weighted by Crippen LogP contribution is 2.40. The van der Waals surface area contributed by atoms with Crippen molar-refractivity contribution < 1.29 is 5.11 Å². The van der Waals surface area contributed by atoms with Crippen molar-refractivity contribution in [2.75, 3.05) is 26.2 Å². The molecule has 0 aromatic rings. The molecule has 1 aliphatic carbocycles. The fourth-order valence-corrected chi connectivity index (χ4v) is 4.46. The molecular formula is C18H35NO. The fraction of sp³-hybridized carbons (Fsp3) is 1.00. The zero-order chi connectivity index (χ0) is 14.5. The fourth-order valence-electron chi connectivity index (χ4n) is 4.46. The maximum absolute atomic E-state index is 9.97. The van der Waals surface area contributed by atoms with E-state index in [-0.39, 0.29) is 5.41 Å². The predicted molar refractivity (Wildman–Crippen MR) is 85.9 cm³/mol. The Kier molecular flexibility index (Phi) is 5.92. The van der Waals surface area contributed by atoms with Crippen LogP contribution < -0.4 is 0 Å². The summed E-state index contributed by atoms with van der Waals surface area (Å²) in [6, 6.07) is 0. The molecular weight excluding hydrogens is 246 g/mol. The van der Waals surface area contributed by atoms with Gasteiger partial charge >= 0.3 is 0 Å². The first-order chi connectivity index (χ1) is 9.67. The SMILES string of the molecule is CCC1(CC)CCN(CC2(CO)CCCCCC2)CC1. The van der Waals surface area contributed by atoms with Gasteiger partial charge in [-0.25, -0.2) is 0 Å². The van der Waals surface area contributed by atoms with Crippen LogP contribution in [0.15, 0.2) is 0 Å². The van der Waals surface area contributed by atoms with Gasteiger partial charge in [-0.15, -0.1) is 0 Å². The maximum atomic E-state index is 9.97. The lowest BCUT2D eigenvalue weighted by atomic mass is 9.73. The van der Waals surface area contributed by atoms with Gasteiger partial charge < -0.3 is 10.0 Å². The Hall–Kier alpha value is -0.0800. The van der Waals surface area contributed by atoms with Gasteiger partial charge in [0.15, 0.2) is 0 Å². The van der Waals surface area contributed by atoms with Crippen LogP contribution in [0.1, 0.15) is 78.1 Å². The molecule has 118 valence electrons. The molecule has 20 heavy (non-hydrogen) atoms. The second-order valence-corrected chi connectivity index (χ2v) is 7.56. The van der Waals surface area contributed by atoms with Gasteiger partial charge in [0.25, 0.3) is 0 Å². The zero-order valence-corrected chi connectivity index (χ0v) is 13.8. The standard InChI is InChI=1S/C18H35NO/c1-3-17(4-2)11-13-19(14-12-17)15-18(16-20)9-7-5-6-8-10-18/h20H,3-16H2,1-2H3. The molecule has 1 heterocycles. The lowest BCUT2D eigenvalue weighted by Gasteiger charge is -2.44. The minimum atomic E-state index is 0.217. The van der Waals surface area contributed by atoms with Crippen LogP contribution in [0.3, 0.4) is 0 Å². The van der Waals surface area contributed by atoms with E-state index in [0.29, 0.717) is 12.0 Å². The molecule has 1 N–H and O–H groups in total. The van der Waals surface area contributed by atoms with E-state index in [4.69, 9.17) is 0 Å². The number of piperidine rings is 1. The van der Waals surface area contributed by atoms with Gasteiger partial charge in [0, 0.05) is 18.6 Å². The summed E-state index contributed by atoms with van der Waals surface area (Å²) >= 11 is 0. The van der Waals surface area contributed by atoms with Gasteiger partial charge in [-0.1, -0.05) is 52.4 Å². The largest absolute Gasteiger partial charge is 0.396 e. The quantitative estimate of drug-likeness (QED) is 0.763. The van der Waals surface area contributed by atoms with Crippen molar-refractivity contribution in [2.24, 2.45) is 10.8 Å². The van der Waals surface area contributed by atoms with Gasteiger partial charge in [0.2, 0.25) is 0 Å². The monoisotopic (exact) mass is 281 g/mol. The van der Waals surface area contributed by atoms with Crippen molar-refractivity contribution in [1.29, 1.82) is 0 Å². The highest BCUT2D eigenvalue weighted by atomic mass is 16.3. The Morgan fingerprint density at radius 2 is 1.35 bits per heavy atom. The first-order valence-corrected chi connectivity index (χ1v) is 9.01. The second kappa shape index (κ2) is 7.26. The second-order valence-electron chi connectivity index (χ2n) is 7.56. The summed E-state index contributed by atoms with van der Waals surface area (Å²) in [4.78, 5) is 2.66. The number of nitrogens with zero attached hydrogens (tertiary/aromatic N) is 1. The molecule has 0 unspecified atom stereocenters. The van der Waals surface area contributed by atoms with Gasteiger partial charge in [-0.3, -0.25) is 0 Å². The van der Waals surface area contributed by atoms with Gasteiger partial charge in [-0.2, -0.15) is 0 Å². The first kappa shape index (κ1) is 16.3. The normalized spacial score (nSPS) is 27.1. The van der Waals surface area contributed by atoms with Crippen LogP contribution in [0.2, 0.25) is 0 Å². The number of rotatable bonds is 5. The Morgan fingerprint density at radius 3 is 1.80 bits per heavy atom. The summed E-state index contributed by atoms with van der Waals surface area (Å²) in [5, 5.41) is 9.97. The summed E-state index contributed by atoms with van der Waals surface area (Å²) in [7, 11) is 0. The van der Waals surface area contributed by atoms with Crippen LogP contribution in [-0.2, 0) is 0 Å². The zero-order valence-electron chi connectivity index (χ0n) is 13.8. The lowest BCUT2D eigenvalue weighted by molar-refractivity contribution is 0.0238. The maximum Gasteiger partial charge on any atom is 0.0499 e. The molecule has 0 bridgehead atoms. The molecule has 2 rings (SSSR count). The van der Waals surface area contributed by atoms with Crippen molar-refractivity contribution in [2.45, 2.75) is 78.1 Å². The molecule has 0 radical (unpaired) electrons. The topological polar surface area (TPSA) is 23.5 Å². The van der Waals surface area contributed by atoms with E-state index >= 15 is 0 Å². The van der Waals surface area contributed by atoms with E-state index in [9.17, 15) is 5.11 Å². The molecule has 2 fully saturated rings. The van der Waals surface area contributed by atoms with E-state index < -0.39 is 0 Å². The Bertz CT molecular complexity index is 267. The lowest BCUT2D eigenvalue weighted by Crippen LogP contribution is -2.46. The van der Waals surface area contributed by atoms with Crippen LogP contribution >= 0.6 is 0 Å². The highest BCUT2D eigenvalue weighted by Gasteiger charge is 2.36. The van der Waals surface area contributed by atoms with E-state index in [2.05, 4.69) is 18.7 Å². The van der Waals surface area contributed by atoms with Crippen molar-refractivity contribution in [3.63, 3.8) is 0 Å². The summed E-state index contributed by atoms with van der Waals surface area (Å²) in [5.41, 5.74) is 0.835. The molecule has 1 aliphatic heterocycles. The van der Waals surface area contributed by atoms with Crippen molar-refractivity contribution >= 4 is 0 Å². The van der Waals surface area contributed by atoms with Crippen molar-refractivity contribution in [3.8, 4) is 0 Å². The van der Waals surface area contributed by atoms with Crippen molar-refractivity contribution in [3.05, 3.63) is 0 Å².